The Morgan fingerprint density at radius 1 is 1.58 bits per heavy atom. The van der Waals surface area contributed by atoms with Crippen LogP contribution in [-0.4, -0.2) is 24.6 Å². The highest BCUT2D eigenvalue weighted by Crippen LogP contribution is 2.19. The summed E-state index contributed by atoms with van der Waals surface area (Å²) in [5, 5.41) is 14.4. The van der Waals surface area contributed by atoms with Crippen LogP contribution < -0.4 is 10.6 Å². The van der Waals surface area contributed by atoms with Crippen molar-refractivity contribution in [2.75, 3.05) is 24.0 Å². The molecule has 0 unspecified atom stereocenters. The summed E-state index contributed by atoms with van der Waals surface area (Å²) in [5.74, 6) is -0.120. The van der Waals surface area contributed by atoms with Gasteiger partial charge in [0.05, 0.1) is 0 Å². The van der Waals surface area contributed by atoms with Crippen molar-refractivity contribution in [2.24, 2.45) is 0 Å². The number of amides is 1. The maximum Gasteiger partial charge on any atom is 0.263 e. The largest absolute Gasteiger partial charge is 0.360 e. The van der Waals surface area contributed by atoms with Crippen LogP contribution in [0.5, 0.6) is 0 Å². The summed E-state index contributed by atoms with van der Waals surface area (Å²) in [6.07, 6.45) is 3.37. The van der Waals surface area contributed by atoms with E-state index in [0.717, 1.165) is 10.6 Å². The Labute approximate surface area is 121 Å². The molecule has 2 N–H and O–H groups in total. The third kappa shape index (κ3) is 5.25. The van der Waals surface area contributed by atoms with Crippen molar-refractivity contribution in [3.8, 4) is 6.07 Å². The molecule has 0 saturated carbocycles. The smallest absolute Gasteiger partial charge is 0.263 e. The standard InChI is InChI=1S/C13H14ClN3OS/c1-19-12-4-2-3-11(7-12)17-9-10(8-15)13(18)16-6-5-14/h2-4,7,9,17H,5-6H2,1H3,(H,16,18)/b10-9-. The highest BCUT2D eigenvalue weighted by molar-refractivity contribution is 7.98. The lowest BCUT2D eigenvalue weighted by Crippen LogP contribution is -2.26. The zero-order valence-corrected chi connectivity index (χ0v) is 12.0. The lowest BCUT2D eigenvalue weighted by molar-refractivity contribution is -0.117. The van der Waals surface area contributed by atoms with E-state index in [-0.39, 0.29) is 5.57 Å². The van der Waals surface area contributed by atoms with Crippen molar-refractivity contribution in [2.45, 2.75) is 4.90 Å². The number of nitriles is 1. The van der Waals surface area contributed by atoms with Gasteiger partial charge in [0.15, 0.2) is 0 Å². The average Bonchev–Trinajstić information content (AvgIpc) is 2.45. The first-order valence-electron chi connectivity index (χ1n) is 5.56. The number of hydrogen-bond donors (Lipinski definition) is 2. The quantitative estimate of drug-likeness (QED) is 0.366. The van der Waals surface area contributed by atoms with Gasteiger partial charge in [-0.25, -0.2) is 0 Å². The third-order valence-corrected chi connectivity index (χ3v) is 3.11. The molecule has 19 heavy (non-hydrogen) atoms. The average molecular weight is 296 g/mol. The molecule has 0 radical (unpaired) electrons. The van der Waals surface area contributed by atoms with Crippen molar-refractivity contribution < 1.29 is 4.79 Å². The highest BCUT2D eigenvalue weighted by atomic mass is 35.5. The van der Waals surface area contributed by atoms with Gasteiger partial charge in [-0.05, 0) is 24.5 Å². The molecule has 0 aliphatic carbocycles. The maximum atomic E-state index is 11.6. The van der Waals surface area contributed by atoms with Gasteiger partial charge in [0.2, 0.25) is 0 Å². The van der Waals surface area contributed by atoms with Gasteiger partial charge in [-0.1, -0.05) is 6.07 Å². The molecular formula is C13H14ClN3OS. The van der Waals surface area contributed by atoms with Gasteiger partial charge in [-0.15, -0.1) is 23.4 Å². The van der Waals surface area contributed by atoms with Crippen LogP contribution in [0.2, 0.25) is 0 Å². The molecule has 0 aliphatic rings. The first-order chi connectivity index (χ1) is 9.21. The molecule has 6 heteroatoms. The van der Waals surface area contributed by atoms with Crippen LogP contribution in [-0.2, 0) is 4.79 Å². The molecule has 0 bridgehead atoms. The number of thioether (sulfide) groups is 1. The molecule has 0 aliphatic heterocycles. The first kappa shape index (κ1) is 15.4. The highest BCUT2D eigenvalue weighted by Gasteiger charge is 2.07. The van der Waals surface area contributed by atoms with Crippen molar-refractivity contribution in [1.82, 2.24) is 5.32 Å². The molecule has 0 fully saturated rings. The molecule has 1 aromatic carbocycles. The third-order valence-electron chi connectivity index (χ3n) is 2.20. The summed E-state index contributed by atoms with van der Waals surface area (Å²) >= 11 is 7.09. The number of hydrogen-bond acceptors (Lipinski definition) is 4. The number of benzene rings is 1. The number of carbonyl (C=O) groups excluding carboxylic acids is 1. The fourth-order valence-electron chi connectivity index (χ4n) is 1.27. The Morgan fingerprint density at radius 2 is 2.37 bits per heavy atom. The minimum Gasteiger partial charge on any atom is -0.360 e. The second-order valence-electron chi connectivity index (χ2n) is 3.49. The molecule has 1 rings (SSSR count). The SMILES string of the molecule is CSc1cccc(N/C=C(/C#N)C(=O)NCCCl)c1. The summed E-state index contributed by atoms with van der Waals surface area (Å²) in [5.41, 5.74) is 0.837. The fraction of sp³-hybridized carbons (Fsp3) is 0.231. The van der Waals surface area contributed by atoms with Gasteiger partial charge in [-0.3, -0.25) is 4.79 Å². The molecule has 1 aromatic rings. The van der Waals surface area contributed by atoms with Gasteiger partial charge in [-0.2, -0.15) is 5.26 Å². The molecule has 1 amide bonds. The van der Waals surface area contributed by atoms with E-state index in [2.05, 4.69) is 10.6 Å². The van der Waals surface area contributed by atoms with Crippen molar-refractivity contribution in [3.63, 3.8) is 0 Å². The summed E-state index contributed by atoms with van der Waals surface area (Å²) < 4.78 is 0. The summed E-state index contributed by atoms with van der Waals surface area (Å²) in [4.78, 5) is 12.7. The number of carbonyl (C=O) groups is 1. The second-order valence-corrected chi connectivity index (χ2v) is 4.75. The van der Waals surface area contributed by atoms with E-state index in [4.69, 9.17) is 16.9 Å². The van der Waals surface area contributed by atoms with Gasteiger partial charge in [0.1, 0.15) is 11.6 Å². The lowest BCUT2D eigenvalue weighted by Gasteiger charge is -2.04. The summed E-state index contributed by atoms with van der Waals surface area (Å²) in [6, 6.07) is 9.54. The number of nitrogens with zero attached hydrogens (tertiary/aromatic N) is 1. The maximum absolute atomic E-state index is 11.6. The van der Waals surface area contributed by atoms with E-state index in [1.807, 2.05) is 36.6 Å². The Hall–Kier alpha value is -1.64. The number of halogens is 1. The minimum atomic E-state index is -0.434. The minimum absolute atomic E-state index is 0.0136. The molecule has 0 saturated heterocycles. The number of nitrogens with one attached hydrogen (secondary N) is 2. The van der Waals surface area contributed by atoms with E-state index in [9.17, 15) is 4.79 Å². The van der Waals surface area contributed by atoms with Crippen molar-refractivity contribution >= 4 is 35.0 Å². The van der Waals surface area contributed by atoms with Crippen LogP contribution in [0.1, 0.15) is 0 Å². The molecule has 100 valence electrons. The normalized spacial score (nSPS) is 10.7. The van der Waals surface area contributed by atoms with Crippen LogP contribution in [0.4, 0.5) is 5.69 Å². The summed E-state index contributed by atoms with van der Waals surface area (Å²) in [7, 11) is 0. The fourth-order valence-corrected chi connectivity index (χ4v) is 1.83. The Kier molecular flexibility index (Phi) is 6.86. The Morgan fingerprint density at radius 3 is 3.00 bits per heavy atom. The van der Waals surface area contributed by atoms with E-state index < -0.39 is 5.91 Å². The van der Waals surface area contributed by atoms with Gasteiger partial charge < -0.3 is 10.6 Å². The van der Waals surface area contributed by atoms with Crippen LogP contribution in [0.25, 0.3) is 0 Å². The Balaban J connectivity index is 2.71. The predicted molar refractivity (Wildman–Crippen MR) is 79.3 cm³/mol. The predicted octanol–water partition coefficient (Wildman–Crippen LogP) is 2.58. The molecular weight excluding hydrogens is 282 g/mol. The van der Waals surface area contributed by atoms with E-state index in [0.29, 0.717) is 12.4 Å². The monoisotopic (exact) mass is 295 g/mol. The molecule has 0 heterocycles. The van der Waals surface area contributed by atoms with Crippen molar-refractivity contribution in [3.05, 3.63) is 36.0 Å². The van der Waals surface area contributed by atoms with Crippen molar-refractivity contribution in [1.29, 1.82) is 5.26 Å². The van der Waals surface area contributed by atoms with Gasteiger partial charge in [0.25, 0.3) is 5.91 Å². The molecule has 0 aromatic heterocycles. The van der Waals surface area contributed by atoms with Crippen LogP contribution in [0, 0.1) is 11.3 Å². The summed E-state index contributed by atoms with van der Waals surface area (Å²) in [6.45, 7) is 0.335. The zero-order chi connectivity index (χ0) is 14.1. The first-order valence-corrected chi connectivity index (χ1v) is 7.32. The topological polar surface area (TPSA) is 64.9 Å². The molecule has 0 atom stereocenters. The van der Waals surface area contributed by atoms with Crippen LogP contribution in [0.3, 0.4) is 0 Å². The van der Waals surface area contributed by atoms with E-state index >= 15 is 0 Å². The number of alkyl halides is 1. The Bertz CT molecular complexity index is 511. The second kappa shape index (κ2) is 8.46. The molecule has 4 nitrogen and oxygen atoms in total. The zero-order valence-electron chi connectivity index (χ0n) is 10.4. The van der Waals surface area contributed by atoms with Crippen LogP contribution in [0.15, 0.2) is 40.9 Å². The van der Waals surface area contributed by atoms with E-state index in [1.165, 1.54) is 6.20 Å². The lowest BCUT2D eigenvalue weighted by atomic mass is 10.3. The van der Waals surface area contributed by atoms with Gasteiger partial charge >= 0.3 is 0 Å². The molecule has 0 spiro atoms. The number of anilines is 1. The van der Waals surface area contributed by atoms with E-state index in [1.54, 1.807) is 11.8 Å². The van der Waals surface area contributed by atoms with Gasteiger partial charge in [0, 0.05) is 29.2 Å². The number of rotatable bonds is 6. The van der Waals surface area contributed by atoms with Crippen LogP contribution >= 0.6 is 23.4 Å².